The van der Waals surface area contributed by atoms with Gasteiger partial charge in [-0.3, -0.25) is 0 Å². The average molecular weight is 150 g/mol. The molecule has 4 nitrogen and oxygen atoms in total. The quantitative estimate of drug-likeness (QED) is 0.575. The molecule has 0 aliphatic carbocycles. The lowest BCUT2D eigenvalue weighted by Gasteiger charge is -2.24. The smallest absolute Gasteiger partial charge is 0.152 e. The molecule has 0 saturated heterocycles. The monoisotopic (exact) mass is 150 g/mol. The molecular weight excluding hydrogens is 140 g/mol. The van der Waals surface area contributed by atoms with E-state index in [2.05, 4.69) is 26.2 Å². The van der Waals surface area contributed by atoms with Gasteiger partial charge in [-0.25, -0.2) is 0 Å². The first-order valence-electron chi connectivity index (χ1n) is 3.63. The minimum absolute atomic E-state index is 0.837. The van der Waals surface area contributed by atoms with E-state index in [1.54, 1.807) is 6.33 Å². The molecule has 0 bridgehead atoms. The van der Waals surface area contributed by atoms with Crippen molar-refractivity contribution >= 4 is 0 Å². The Morgan fingerprint density at radius 3 is 3.27 bits per heavy atom. The third kappa shape index (κ3) is 1.00. The van der Waals surface area contributed by atoms with Gasteiger partial charge < -0.3 is 9.47 Å². The van der Waals surface area contributed by atoms with E-state index in [9.17, 15) is 0 Å². The third-order valence-electron chi connectivity index (χ3n) is 1.93. The molecule has 0 spiro atoms. The molecule has 0 aromatic carbocycles. The van der Waals surface area contributed by atoms with Crippen molar-refractivity contribution in [1.29, 1.82) is 0 Å². The van der Waals surface area contributed by atoms with Crippen molar-refractivity contribution < 1.29 is 0 Å². The number of aromatic nitrogens is 3. The van der Waals surface area contributed by atoms with Crippen molar-refractivity contribution in [2.45, 2.75) is 13.1 Å². The number of hydrogen-bond acceptors (Lipinski definition) is 3. The van der Waals surface area contributed by atoms with E-state index in [1.807, 2.05) is 6.20 Å². The fourth-order valence-corrected chi connectivity index (χ4v) is 1.24. The lowest BCUT2D eigenvalue weighted by Crippen LogP contribution is -2.29. The first kappa shape index (κ1) is 6.39. The SMILES string of the molecule is C=CN1CCn2cnnc2C1. The molecule has 0 saturated carbocycles. The fraction of sp³-hybridized carbons (Fsp3) is 0.429. The summed E-state index contributed by atoms with van der Waals surface area (Å²) in [4.78, 5) is 2.13. The predicted molar refractivity (Wildman–Crippen MR) is 40.6 cm³/mol. The first-order valence-corrected chi connectivity index (χ1v) is 3.63. The molecule has 0 amide bonds. The summed E-state index contributed by atoms with van der Waals surface area (Å²) in [6.45, 7) is 6.52. The average Bonchev–Trinajstić information content (AvgIpc) is 2.50. The van der Waals surface area contributed by atoms with Crippen molar-refractivity contribution in [3.8, 4) is 0 Å². The van der Waals surface area contributed by atoms with Crippen LogP contribution in [0.15, 0.2) is 19.1 Å². The Morgan fingerprint density at radius 2 is 2.45 bits per heavy atom. The second-order valence-electron chi connectivity index (χ2n) is 2.59. The van der Waals surface area contributed by atoms with Gasteiger partial charge in [0.2, 0.25) is 0 Å². The lowest BCUT2D eigenvalue weighted by molar-refractivity contribution is 0.298. The Kier molecular flexibility index (Phi) is 1.38. The molecule has 2 heterocycles. The number of fused-ring (bicyclic) bond motifs is 1. The second-order valence-corrected chi connectivity index (χ2v) is 2.59. The summed E-state index contributed by atoms with van der Waals surface area (Å²) in [5.41, 5.74) is 0. The minimum Gasteiger partial charge on any atom is -0.369 e. The van der Waals surface area contributed by atoms with Crippen LogP contribution >= 0.6 is 0 Å². The van der Waals surface area contributed by atoms with Gasteiger partial charge in [0.05, 0.1) is 6.54 Å². The standard InChI is InChI=1S/C7H10N4/c1-2-10-3-4-11-6-8-9-7(11)5-10/h2,6H,1,3-5H2. The van der Waals surface area contributed by atoms with Crippen molar-refractivity contribution in [1.82, 2.24) is 19.7 Å². The van der Waals surface area contributed by atoms with Crippen molar-refractivity contribution in [3.63, 3.8) is 0 Å². The predicted octanol–water partition coefficient (Wildman–Crippen LogP) is 0.237. The Balaban J connectivity index is 2.24. The second kappa shape index (κ2) is 2.38. The maximum atomic E-state index is 3.98. The Morgan fingerprint density at radius 1 is 1.55 bits per heavy atom. The number of hydrogen-bond donors (Lipinski definition) is 0. The summed E-state index contributed by atoms with van der Waals surface area (Å²) >= 11 is 0. The zero-order valence-electron chi connectivity index (χ0n) is 6.27. The van der Waals surface area contributed by atoms with Crippen molar-refractivity contribution in [3.05, 3.63) is 24.9 Å². The summed E-state index contributed by atoms with van der Waals surface area (Å²) in [6, 6.07) is 0. The topological polar surface area (TPSA) is 34.0 Å². The van der Waals surface area contributed by atoms with Gasteiger partial charge in [-0.2, -0.15) is 0 Å². The van der Waals surface area contributed by atoms with E-state index >= 15 is 0 Å². The van der Waals surface area contributed by atoms with Crippen molar-refractivity contribution in [2.24, 2.45) is 0 Å². The van der Waals surface area contributed by atoms with Crippen LogP contribution in [0.25, 0.3) is 0 Å². The maximum Gasteiger partial charge on any atom is 0.152 e. The van der Waals surface area contributed by atoms with Crippen LogP contribution in [-0.2, 0) is 13.1 Å². The van der Waals surface area contributed by atoms with E-state index in [1.165, 1.54) is 0 Å². The van der Waals surface area contributed by atoms with Crippen LogP contribution in [0, 0.1) is 0 Å². The highest BCUT2D eigenvalue weighted by atomic mass is 15.3. The van der Waals surface area contributed by atoms with Gasteiger partial charge in [0.15, 0.2) is 5.82 Å². The van der Waals surface area contributed by atoms with E-state index in [-0.39, 0.29) is 0 Å². The van der Waals surface area contributed by atoms with E-state index in [0.717, 1.165) is 25.5 Å². The van der Waals surface area contributed by atoms with Gasteiger partial charge >= 0.3 is 0 Å². The highest BCUT2D eigenvalue weighted by Gasteiger charge is 2.13. The summed E-state index contributed by atoms with van der Waals surface area (Å²) in [7, 11) is 0. The molecule has 1 aromatic heterocycles. The number of rotatable bonds is 1. The van der Waals surface area contributed by atoms with E-state index in [0.29, 0.717) is 0 Å². The van der Waals surface area contributed by atoms with Crippen LogP contribution in [0.3, 0.4) is 0 Å². The molecule has 58 valence electrons. The molecule has 1 aromatic rings. The van der Waals surface area contributed by atoms with Gasteiger partial charge in [0.1, 0.15) is 6.33 Å². The highest BCUT2D eigenvalue weighted by Crippen LogP contribution is 2.07. The molecule has 0 radical (unpaired) electrons. The van der Waals surface area contributed by atoms with Crippen molar-refractivity contribution in [2.75, 3.05) is 6.54 Å². The zero-order chi connectivity index (χ0) is 7.68. The van der Waals surface area contributed by atoms with E-state index in [4.69, 9.17) is 0 Å². The largest absolute Gasteiger partial charge is 0.369 e. The highest BCUT2D eigenvalue weighted by molar-refractivity contribution is 4.92. The van der Waals surface area contributed by atoms with Gasteiger partial charge in [-0.1, -0.05) is 6.58 Å². The molecule has 4 heteroatoms. The van der Waals surface area contributed by atoms with Crippen LogP contribution in [0.4, 0.5) is 0 Å². The molecule has 2 rings (SSSR count). The molecule has 11 heavy (non-hydrogen) atoms. The van der Waals surface area contributed by atoms with Crippen LogP contribution in [-0.4, -0.2) is 26.2 Å². The van der Waals surface area contributed by atoms with Crippen LogP contribution in [0.5, 0.6) is 0 Å². The zero-order valence-corrected chi connectivity index (χ0v) is 6.27. The Hall–Kier alpha value is -1.32. The molecule has 1 aliphatic rings. The Bertz CT molecular complexity index is 265. The molecule has 0 atom stereocenters. The summed E-state index contributed by atoms with van der Waals surface area (Å²) in [6.07, 6.45) is 3.62. The molecule has 1 aliphatic heterocycles. The van der Waals surface area contributed by atoms with Gasteiger partial charge in [-0.15, -0.1) is 10.2 Å². The first-order chi connectivity index (χ1) is 5.40. The molecule has 0 unspecified atom stereocenters. The number of nitrogens with zero attached hydrogens (tertiary/aromatic N) is 4. The molecule has 0 fully saturated rings. The maximum absolute atomic E-state index is 3.98. The van der Waals surface area contributed by atoms with E-state index < -0.39 is 0 Å². The fourth-order valence-electron chi connectivity index (χ4n) is 1.24. The molecular formula is C7H10N4. The van der Waals surface area contributed by atoms with Gasteiger partial charge in [0, 0.05) is 13.1 Å². The summed E-state index contributed by atoms with van der Waals surface area (Å²) in [5, 5.41) is 7.80. The van der Waals surface area contributed by atoms with Gasteiger partial charge in [0.25, 0.3) is 0 Å². The van der Waals surface area contributed by atoms with Crippen LogP contribution in [0.2, 0.25) is 0 Å². The minimum atomic E-state index is 0.837. The Labute approximate surface area is 65.1 Å². The van der Waals surface area contributed by atoms with Gasteiger partial charge in [-0.05, 0) is 6.20 Å². The summed E-state index contributed by atoms with van der Waals surface area (Å²) in [5.74, 6) is 1.02. The van der Waals surface area contributed by atoms with Crippen LogP contribution in [0.1, 0.15) is 5.82 Å². The summed E-state index contributed by atoms with van der Waals surface area (Å²) < 4.78 is 2.07. The normalized spacial score (nSPS) is 16.2. The third-order valence-corrected chi connectivity index (χ3v) is 1.93. The molecule has 0 N–H and O–H groups in total. The van der Waals surface area contributed by atoms with Crippen LogP contribution < -0.4 is 0 Å². The lowest BCUT2D eigenvalue weighted by atomic mass is 10.4.